The first-order valence-electron chi connectivity index (χ1n) is 5.78. The van der Waals surface area contributed by atoms with E-state index < -0.39 is 0 Å². The van der Waals surface area contributed by atoms with Crippen molar-refractivity contribution >= 4 is 17.5 Å². The van der Waals surface area contributed by atoms with Gasteiger partial charge in [0.2, 0.25) is 0 Å². The molecule has 18 heavy (non-hydrogen) atoms. The average Bonchev–Trinajstić information content (AvgIpc) is 2.72. The minimum absolute atomic E-state index is 0.168. The highest BCUT2D eigenvalue weighted by Crippen LogP contribution is 2.19. The monoisotopic (exact) mass is 260 g/mol. The molecule has 0 aliphatic heterocycles. The van der Waals surface area contributed by atoms with Gasteiger partial charge in [0.15, 0.2) is 5.78 Å². The highest BCUT2D eigenvalue weighted by Gasteiger charge is 2.10. The molecule has 2 rings (SSSR count). The van der Waals surface area contributed by atoms with E-state index >= 15 is 0 Å². The van der Waals surface area contributed by atoms with Crippen molar-refractivity contribution in [1.82, 2.24) is 9.78 Å². The number of carbonyl (C=O) groups is 1. The van der Waals surface area contributed by atoms with E-state index in [9.17, 15) is 4.79 Å². The van der Waals surface area contributed by atoms with Crippen molar-refractivity contribution in [2.45, 2.75) is 18.7 Å². The van der Waals surface area contributed by atoms with E-state index in [4.69, 9.17) is 0 Å². The second-order valence-electron chi connectivity index (χ2n) is 4.38. The Hall–Kier alpha value is -1.55. The van der Waals surface area contributed by atoms with Gasteiger partial charge < -0.3 is 0 Å². The topological polar surface area (TPSA) is 34.9 Å². The van der Waals surface area contributed by atoms with Crippen LogP contribution in [0.15, 0.2) is 35.5 Å². The van der Waals surface area contributed by atoms with E-state index in [1.54, 1.807) is 10.9 Å². The number of aryl methyl sites for hydroxylation is 3. The summed E-state index contributed by atoms with van der Waals surface area (Å²) >= 11 is 1.52. The number of nitrogens with zero attached hydrogens (tertiary/aromatic N) is 2. The summed E-state index contributed by atoms with van der Waals surface area (Å²) < 4.78 is 1.74. The molecule has 0 aliphatic carbocycles. The fourth-order valence-corrected chi connectivity index (χ4v) is 2.63. The third kappa shape index (κ3) is 3.01. The minimum Gasteiger partial charge on any atom is -0.293 e. The second-order valence-corrected chi connectivity index (χ2v) is 5.43. The van der Waals surface area contributed by atoms with Gasteiger partial charge in [-0.3, -0.25) is 9.48 Å². The Morgan fingerprint density at radius 1 is 1.39 bits per heavy atom. The summed E-state index contributed by atoms with van der Waals surface area (Å²) in [5.74, 6) is 0.622. The molecule has 3 nitrogen and oxygen atoms in total. The number of thioether (sulfide) groups is 1. The van der Waals surface area contributed by atoms with E-state index in [-0.39, 0.29) is 5.78 Å². The number of Topliss-reactive ketones (excluding diaryl/α,β-unsaturated/α-hetero) is 1. The number of aromatic nitrogens is 2. The molecule has 0 aliphatic rings. The molecule has 0 radical (unpaired) electrons. The predicted molar refractivity (Wildman–Crippen MR) is 74.2 cm³/mol. The van der Waals surface area contributed by atoms with Crippen molar-refractivity contribution in [3.63, 3.8) is 0 Å². The van der Waals surface area contributed by atoms with E-state index in [0.717, 1.165) is 16.0 Å². The van der Waals surface area contributed by atoms with Crippen molar-refractivity contribution in [1.29, 1.82) is 0 Å². The summed E-state index contributed by atoms with van der Waals surface area (Å²) in [7, 11) is 1.87. The fraction of sp³-hybridized carbons (Fsp3) is 0.286. The number of hydrogen-bond donors (Lipinski definition) is 0. The summed E-state index contributed by atoms with van der Waals surface area (Å²) in [6.07, 6.45) is 3.69. The molecule has 0 saturated heterocycles. The van der Waals surface area contributed by atoms with E-state index in [1.165, 1.54) is 17.3 Å². The van der Waals surface area contributed by atoms with E-state index in [0.29, 0.717) is 5.75 Å². The lowest BCUT2D eigenvalue weighted by molar-refractivity contribution is 0.102. The van der Waals surface area contributed by atoms with Crippen LogP contribution in [0.4, 0.5) is 0 Å². The summed E-state index contributed by atoms with van der Waals surface area (Å²) in [5, 5.41) is 4.08. The van der Waals surface area contributed by atoms with Crippen LogP contribution in [0.3, 0.4) is 0 Å². The zero-order valence-corrected chi connectivity index (χ0v) is 11.6. The maximum absolute atomic E-state index is 12.1. The Balaban J connectivity index is 2.03. The van der Waals surface area contributed by atoms with Crippen LogP contribution in [0.2, 0.25) is 0 Å². The smallest absolute Gasteiger partial charge is 0.173 e. The maximum atomic E-state index is 12.1. The first-order chi connectivity index (χ1) is 8.56. The molecular formula is C14H16N2OS. The lowest BCUT2D eigenvalue weighted by Gasteiger charge is -2.05. The molecule has 1 heterocycles. The molecule has 0 atom stereocenters. The minimum atomic E-state index is 0.168. The van der Waals surface area contributed by atoms with Crippen LogP contribution in [-0.4, -0.2) is 21.3 Å². The van der Waals surface area contributed by atoms with Gasteiger partial charge in [0.05, 0.1) is 11.9 Å². The van der Waals surface area contributed by atoms with Gasteiger partial charge in [-0.05, 0) is 19.4 Å². The molecule has 1 aromatic heterocycles. The standard InChI is InChI=1S/C14H16N2OS/c1-10-4-5-13(11(2)6-10)14(17)9-18-12-7-15-16(3)8-12/h4-8H,9H2,1-3H3. The Labute approximate surface area is 111 Å². The molecule has 2 aromatic rings. The summed E-state index contributed by atoms with van der Waals surface area (Å²) in [6, 6.07) is 5.94. The molecule has 0 saturated carbocycles. The molecule has 0 unspecified atom stereocenters. The highest BCUT2D eigenvalue weighted by atomic mass is 32.2. The van der Waals surface area contributed by atoms with Crippen LogP contribution < -0.4 is 0 Å². The largest absolute Gasteiger partial charge is 0.293 e. The van der Waals surface area contributed by atoms with Crippen LogP contribution in [0.25, 0.3) is 0 Å². The van der Waals surface area contributed by atoms with Gasteiger partial charge in [-0.1, -0.05) is 23.8 Å². The number of carbonyl (C=O) groups excluding carboxylic acids is 1. The van der Waals surface area contributed by atoms with E-state index in [1.807, 2.05) is 45.3 Å². The second kappa shape index (κ2) is 5.40. The lowest BCUT2D eigenvalue weighted by Crippen LogP contribution is -2.04. The molecule has 4 heteroatoms. The van der Waals surface area contributed by atoms with Gasteiger partial charge in [0.25, 0.3) is 0 Å². The molecule has 0 bridgehead atoms. The summed E-state index contributed by atoms with van der Waals surface area (Å²) in [4.78, 5) is 13.1. The third-order valence-electron chi connectivity index (χ3n) is 2.73. The molecule has 1 aromatic carbocycles. The van der Waals surface area contributed by atoms with Crippen molar-refractivity contribution in [3.8, 4) is 0 Å². The fourth-order valence-electron chi connectivity index (χ4n) is 1.83. The first kappa shape index (κ1) is 12.9. The van der Waals surface area contributed by atoms with Gasteiger partial charge in [-0.25, -0.2) is 0 Å². The van der Waals surface area contributed by atoms with Crippen LogP contribution in [0.1, 0.15) is 21.5 Å². The first-order valence-corrected chi connectivity index (χ1v) is 6.77. The molecular weight excluding hydrogens is 244 g/mol. The number of rotatable bonds is 4. The Morgan fingerprint density at radius 2 is 2.17 bits per heavy atom. The molecule has 0 spiro atoms. The Kier molecular flexibility index (Phi) is 3.87. The van der Waals surface area contributed by atoms with Crippen molar-refractivity contribution in [3.05, 3.63) is 47.3 Å². The van der Waals surface area contributed by atoms with E-state index in [2.05, 4.69) is 5.10 Å². The van der Waals surface area contributed by atoms with Crippen LogP contribution in [0, 0.1) is 13.8 Å². The maximum Gasteiger partial charge on any atom is 0.173 e. The van der Waals surface area contributed by atoms with Gasteiger partial charge in [0.1, 0.15) is 0 Å². The normalized spacial score (nSPS) is 10.6. The van der Waals surface area contributed by atoms with Crippen LogP contribution in [-0.2, 0) is 7.05 Å². The van der Waals surface area contributed by atoms with Gasteiger partial charge >= 0.3 is 0 Å². The molecule has 94 valence electrons. The van der Waals surface area contributed by atoms with Gasteiger partial charge in [-0.15, -0.1) is 11.8 Å². The van der Waals surface area contributed by atoms with Crippen molar-refractivity contribution < 1.29 is 4.79 Å². The lowest BCUT2D eigenvalue weighted by atomic mass is 10.0. The third-order valence-corrected chi connectivity index (χ3v) is 3.68. The number of benzene rings is 1. The number of hydrogen-bond acceptors (Lipinski definition) is 3. The Bertz CT molecular complexity index is 575. The summed E-state index contributed by atoms with van der Waals surface area (Å²) in [6.45, 7) is 4.01. The zero-order chi connectivity index (χ0) is 13.1. The van der Waals surface area contributed by atoms with Crippen molar-refractivity contribution in [2.24, 2.45) is 7.05 Å². The summed E-state index contributed by atoms with van der Waals surface area (Å²) in [5.41, 5.74) is 3.05. The molecule has 0 fully saturated rings. The highest BCUT2D eigenvalue weighted by molar-refractivity contribution is 8.00. The van der Waals surface area contributed by atoms with Gasteiger partial charge in [-0.2, -0.15) is 5.10 Å². The van der Waals surface area contributed by atoms with Crippen LogP contribution in [0.5, 0.6) is 0 Å². The Morgan fingerprint density at radius 3 is 2.78 bits per heavy atom. The average molecular weight is 260 g/mol. The molecule has 0 amide bonds. The zero-order valence-electron chi connectivity index (χ0n) is 10.8. The number of ketones is 1. The predicted octanol–water partition coefficient (Wildman–Crippen LogP) is 3.01. The SMILES string of the molecule is Cc1ccc(C(=O)CSc2cnn(C)c2)c(C)c1. The quantitative estimate of drug-likeness (QED) is 0.626. The van der Waals surface area contributed by atoms with Crippen molar-refractivity contribution in [2.75, 3.05) is 5.75 Å². The van der Waals surface area contributed by atoms with Gasteiger partial charge in [0, 0.05) is 23.7 Å². The molecule has 0 N–H and O–H groups in total. The van der Waals surface area contributed by atoms with Crippen LogP contribution >= 0.6 is 11.8 Å².